The normalized spacial score (nSPS) is 17.0. The molecule has 1 fully saturated rings. The summed E-state index contributed by atoms with van der Waals surface area (Å²) in [7, 11) is 1.52. The van der Waals surface area contributed by atoms with Crippen molar-refractivity contribution in [2.24, 2.45) is 5.92 Å². The third kappa shape index (κ3) is 3.77. The van der Waals surface area contributed by atoms with E-state index in [0.717, 1.165) is 0 Å². The molecule has 0 N–H and O–H groups in total. The van der Waals surface area contributed by atoms with Crippen LogP contribution in [0.1, 0.15) is 19.4 Å². The first-order valence-electron chi connectivity index (χ1n) is 6.62. The zero-order chi connectivity index (χ0) is 16.4. The first-order chi connectivity index (χ1) is 10.3. The molecule has 7 heteroatoms. The summed E-state index contributed by atoms with van der Waals surface area (Å²) in [6.45, 7) is 4.69. The van der Waals surface area contributed by atoms with E-state index in [1.807, 2.05) is 13.8 Å². The molecule has 1 heterocycles. The van der Waals surface area contributed by atoms with Gasteiger partial charge in [-0.3, -0.25) is 9.69 Å². The number of methoxy groups -OCH3 is 1. The Hall–Kier alpha value is -0.750. The molecule has 0 saturated carbocycles. The van der Waals surface area contributed by atoms with E-state index in [2.05, 4.69) is 0 Å². The minimum atomic E-state index is -0.0955. The number of carbonyl (C=O) groups excluding carboxylic acids is 1. The molecule has 1 saturated heterocycles. The summed E-state index contributed by atoms with van der Waals surface area (Å²) in [5, 5.41) is 0.883. The van der Waals surface area contributed by atoms with E-state index in [4.69, 9.17) is 40.2 Å². The minimum Gasteiger partial charge on any atom is -0.495 e. The lowest BCUT2D eigenvalue weighted by atomic mass is 10.1. The van der Waals surface area contributed by atoms with E-state index in [0.29, 0.717) is 43.0 Å². The number of halogens is 2. The van der Waals surface area contributed by atoms with Gasteiger partial charge in [0.25, 0.3) is 5.91 Å². The van der Waals surface area contributed by atoms with Crippen molar-refractivity contribution in [1.82, 2.24) is 4.90 Å². The van der Waals surface area contributed by atoms with E-state index >= 15 is 0 Å². The van der Waals surface area contributed by atoms with Gasteiger partial charge in [-0.05, 0) is 24.1 Å². The lowest BCUT2D eigenvalue weighted by Crippen LogP contribution is -2.31. The van der Waals surface area contributed by atoms with Gasteiger partial charge in [-0.1, -0.05) is 61.0 Å². The molecule has 2 rings (SSSR count). The summed E-state index contributed by atoms with van der Waals surface area (Å²) >= 11 is 18.7. The molecule has 0 aromatic heterocycles. The highest BCUT2D eigenvalue weighted by Gasteiger charge is 2.32. The Morgan fingerprint density at radius 1 is 1.41 bits per heavy atom. The zero-order valence-corrected chi connectivity index (χ0v) is 15.5. The summed E-state index contributed by atoms with van der Waals surface area (Å²) in [4.78, 5) is 14.6. The Morgan fingerprint density at radius 2 is 2.09 bits per heavy atom. The van der Waals surface area contributed by atoms with Crippen LogP contribution in [0.2, 0.25) is 10.0 Å². The van der Waals surface area contributed by atoms with Gasteiger partial charge in [0.1, 0.15) is 10.1 Å². The van der Waals surface area contributed by atoms with Crippen molar-refractivity contribution in [3.63, 3.8) is 0 Å². The van der Waals surface area contributed by atoms with Crippen molar-refractivity contribution in [3.05, 3.63) is 32.6 Å². The van der Waals surface area contributed by atoms with Crippen molar-refractivity contribution in [1.29, 1.82) is 0 Å². The minimum absolute atomic E-state index is 0.0955. The fourth-order valence-electron chi connectivity index (χ4n) is 2.07. The third-order valence-electron chi connectivity index (χ3n) is 2.95. The Kier molecular flexibility index (Phi) is 5.77. The second kappa shape index (κ2) is 7.21. The average molecular weight is 376 g/mol. The standard InChI is InChI=1S/C15H15Cl2NO2S2/c1-8(2)7-18-14(19)12(22-15(18)21)5-9-4-10(16)6-11(17)13(9)20-3/h4-6,8H,7H2,1-3H3/b12-5-. The molecule has 0 spiro atoms. The molecule has 0 radical (unpaired) electrons. The van der Waals surface area contributed by atoms with Crippen LogP contribution in [0.25, 0.3) is 6.08 Å². The topological polar surface area (TPSA) is 29.5 Å². The molecule has 1 aliphatic rings. The molecule has 1 aromatic rings. The van der Waals surface area contributed by atoms with Gasteiger partial charge in [0.05, 0.1) is 17.0 Å². The lowest BCUT2D eigenvalue weighted by Gasteiger charge is -2.16. The number of thiocarbonyl (C=S) groups is 1. The van der Waals surface area contributed by atoms with Gasteiger partial charge in [-0.2, -0.15) is 0 Å². The summed E-state index contributed by atoms with van der Waals surface area (Å²) in [6, 6.07) is 3.31. The van der Waals surface area contributed by atoms with E-state index in [1.165, 1.54) is 18.9 Å². The van der Waals surface area contributed by atoms with Crippen LogP contribution in [-0.2, 0) is 4.79 Å². The molecular weight excluding hydrogens is 361 g/mol. The maximum absolute atomic E-state index is 12.5. The van der Waals surface area contributed by atoms with Crippen molar-refractivity contribution in [2.45, 2.75) is 13.8 Å². The summed E-state index contributed by atoms with van der Waals surface area (Å²) in [5.74, 6) is 0.735. The number of ether oxygens (including phenoxy) is 1. The van der Waals surface area contributed by atoms with Crippen molar-refractivity contribution >= 4 is 63.5 Å². The van der Waals surface area contributed by atoms with Crippen molar-refractivity contribution in [3.8, 4) is 5.75 Å². The van der Waals surface area contributed by atoms with Gasteiger partial charge in [-0.15, -0.1) is 0 Å². The molecule has 0 bridgehead atoms. The van der Waals surface area contributed by atoms with Crippen LogP contribution in [0, 0.1) is 5.92 Å². The highest BCUT2D eigenvalue weighted by atomic mass is 35.5. The van der Waals surface area contributed by atoms with Crippen LogP contribution in [0.4, 0.5) is 0 Å². The SMILES string of the molecule is COc1c(Cl)cc(Cl)cc1/C=C1\SC(=S)N(CC(C)C)C1=O. The van der Waals surface area contributed by atoms with Gasteiger partial charge >= 0.3 is 0 Å². The van der Waals surface area contributed by atoms with E-state index in [-0.39, 0.29) is 5.91 Å². The number of amides is 1. The molecule has 0 aliphatic carbocycles. The van der Waals surface area contributed by atoms with E-state index < -0.39 is 0 Å². The van der Waals surface area contributed by atoms with Crippen molar-refractivity contribution < 1.29 is 9.53 Å². The summed E-state index contributed by atoms with van der Waals surface area (Å²) in [6.07, 6.45) is 1.72. The number of rotatable bonds is 4. The zero-order valence-electron chi connectivity index (χ0n) is 12.4. The highest BCUT2D eigenvalue weighted by Crippen LogP contribution is 2.38. The van der Waals surface area contributed by atoms with Gasteiger partial charge in [0, 0.05) is 17.1 Å². The number of thioether (sulfide) groups is 1. The molecule has 1 amide bonds. The van der Waals surface area contributed by atoms with Crippen LogP contribution in [0.15, 0.2) is 17.0 Å². The molecular formula is C15H15Cl2NO2S2. The number of benzene rings is 1. The predicted molar refractivity (Wildman–Crippen MR) is 97.7 cm³/mol. The summed E-state index contributed by atoms with van der Waals surface area (Å²) < 4.78 is 5.86. The van der Waals surface area contributed by atoms with Crippen LogP contribution in [0.5, 0.6) is 5.75 Å². The molecule has 1 aliphatic heterocycles. The van der Waals surface area contributed by atoms with Gasteiger partial charge < -0.3 is 4.74 Å². The monoisotopic (exact) mass is 375 g/mol. The quantitative estimate of drug-likeness (QED) is 0.555. The predicted octanol–water partition coefficient (Wildman–Crippen LogP) is 4.86. The van der Waals surface area contributed by atoms with Crippen LogP contribution in [-0.4, -0.2) is 28.8 Å². The maximum Gasteiger partial charge on any atom is 0.266 e. The molecule has 118 valence electrons. The van der Waals surface area contributed by atoms with Crippen molar-refractivity contribution in [2.75, 3.05) is 13.7 Å². The second-order valence-corrected chi connectivity index (χ2v) is 7.72. The smallest absolute Gasteiger partial charge is 0.266 e. The number of hydrogen-bond donors (Lipinski definition) is 0. The molecule has 22 heavy (non-hydrogen) atoms. The average Bonchev–Trinajstić information content (AvgIpc) is 2.65. The highest BCUT2D eigenvalue weighted by molar-refractivity contribution is 8.26. The molecule has 3 nitrogen and oxygen atoms in total. The largest absolute Gasteiger partial charge is 0.495 e. The number of nitrogens with zero attached hydrogens (tertiary/aromatic N) is 1. The summed E-state index contributed by atoms with van der Waals surface area (Å²) in [5.41, 5.74) is 0.657. The fourth-order valence-corrected chi connectivity index (χ4v) is 3.92. The third-order valence-corrected chi connectivity index (χ3v) is 4.83. The molecule has 0 unspecified atom stereocenters. The van der Waals surface area contributed by atoms with Gasteiger partial charge in [0.2, 0.25) is 0 Å². The second-order valence-electron chi connectivity index (χ2n) is 5.20. The Labute approximate surface area is 149 Å². The first-order valence-corrected chi connectivity index (χ1v) is 8.60. The van der Waals surface area contributed by atoms with Crippen LogP contribution >= 0.6 is 47.2 Å². The maximum atomic E-state index is 12.5. The van der Waals surface area contributed by atoms with Gasteiger partial charge in [0.15, 0.2) is 0 Å². The first kappa shape index (κ1) is 17.6. The lowest BCUT2D eigenvalue weighted by molar-refractivity contribution is -0.122. The van der Waals surface area contributed by atoms with Gasteiger partial charge in [-0.25, -0.2) is 0 Å². The fraction of sp³-hybridized carbons (Fsp3) is 0.333. The molecule has 0 atom stereocenters. The Morgan fingerprint density at radius 3 is 2.68 bits per heavy atom. The van der Waals surface area contributed by atoms with E-state index in [9.17, 15) is 4.79 Å². The Balaban J connectivity index is 2.39. The van der Waals surface area contributed by atoms with E-state index in [1.54, 1.807) is 23.1 Å². The number of hydrogen-bond acceptors (Lipinski definition) is 4. The Bertz CT molecular complexity index is 659. The molecule has 1 aromatic carbocycles. The van der Waals surface area contributed by atoms with Crippen LogP contribution < -0.4 is 4.74 Å². The number of carbonyl (C=O) groups is 1. The van der Waals surface area contributed by atoms with Crippen LogP contribution in [0.3, 0.4) is 0 Å².